The van der Waals surface area contributed by atoms with Gasteiger partial charge in [0.15, 0.2) is 0 Å². The van der Waals surface area contributed by atoms with Crippen LogP contribution in [0.25, 0.3) is 0 Å². The second kappa shape index (κ2) is 4.90. The van der Waals surface area contributed by atoms with Gasteiger partial charge in [-0.05, 0) is 31.2 Å². The first kappa shape index (κ1) is 12.1. The van der Waals surface area contributed by atoms with Gasteiger partial charge in [-0.2, -0.15) is 5.26 Å². The molecule has 1 aromatic carbocycles. The van der Waals surface area contributed by atoms with Crippen molar-refractivity contribution < 1.29 is 0 Å². The van der Waals surface area contributed by atoms with Crippen LogP contribution < -0.4 is 11.1 Å². The summed E-state index contributed by atoms with van der Waals surface area (Å²) in [6, 6.07) is 8.64. The Hall–Kier alpha value is -2.32. The molecule has 0 saturated heterocycles. The first-order valence-electron chi connectivity index (χ1n) is 5.16. The third-order valence-corrected chi connectivity index (χ3v) is 2.54. The number of nitrogens with one attached hydrogen (secondary N) is 1. The van der Waals surface area contributed by atoms with Crippen LogP contribution in [0.1, 0.15) is 11.4 Å². The van der Waals surface area contributed by atoms with E-state index in [0.717, 1.165) is 0 Å². The topological polar surface area (TPSA) is 87.6 Å². The van der Waals surface area contributed by atoms with E-state index < -0.39 is 0 Å². The summed E-state index contributed by atoms with van der Waals surface area (Å²) in [7, 11) is 0. The Balaban J connectivity index is 2.37. The maximum atomic E-state index is 8.84. The molecule has 0 saturated carbocycles. The highest BCUT2D eigenvalue weighted by molar-refractivity contribution is 6.33. The van der Waals surface area contributed by atoms with Gasteiger partial charge in [-0.3, -0.25) is 0 Å². The summed E-state index contributed by atoms with van der Waals surface area (Å²) in [5.74, 6) is 0.319. The van der Waals surface area contributed by atoms with Crippen LogP contribution >= 0.6 is 11.6 Å². The average molecular weight is 260 g/mol. The van der Waals surface area contributed by atoms with E-state index in [-0.39, 0.29) is 0 Å². The summed E-state index contributed by atoms with van der Waals surface area (Å²) in [5.41, 5.74) is 7.85. The van der Waals surface area contributed by atoms with Crippen molar-refractivity contribution in [2.75, 3.05) is 11.1 Å². The predicted octanol–water partition coefficient (Wildman–Crippen LogP) is 2.64. The number of hydrogen-bond donors (Lipinski definition) is 2. The van der Waals surface area contributed by atoms with Crippen molar-refractivity contribution in [1.82, 2.24) is 9.97 Å². The fourth-order valence-electron chi connectivity index (χ4n) is 1.44. The van der Waals surface area contributed by atoms with Crippen LogP contribution in [0.5, 0.6) is 0 Å². The SMILES string of the molecule is Cc1cc(C#N)nc(Nc2cc(N)ccc2Cl)n1. The summed E-state index contributed by atoms with van der Waals surface area (Å²) >= 11 is 6.02. The van der Waals surface area contributed by atoms with Crippen LogP contribution in [0.15, 0.2) is 24.3 Å². The summed E-state index contributed by atoms with van der Waals surface area (Å²) in [5, 5.41) is 12.3. The highest BCUT2D eigenvalue weighted by atomic mass is 35.5. The molecule has 0 unspecified atom stereocenters. The van der Waals surface area contributed by atoms with Gasteiger partial charge in [0.2, 0.25) is 5.95 Å². The molecular weight excluding hydrogens is 250 g/mol. The van der Waals surface area contributed by atoms with E-state index in [9.17, 15) is 0 Å². The number of halogens is 1. The number of aryl methyl sites for hydroxylation is 1. The molecule has 2 aromatic rings. The Morgan fingerprint density at radius 2 is 2.11 bits per heavy atom. The number of nitrogens with two attached hydrogens (primary N) is 1. The smallest absolute Gasteiger partial charge is 0.228 e. The molecule has 1 heterocycles. The number of rotatable bonds is 2. The molecule has 0 radical (unpaired) electrons. The highest BCUT2D eigenvalue weighted by Gasteiger charge is 2.05. The highest BCUT2D eigenvalue weighted by Crippen LogP contribution is 2.26. The van der Waals surface area contributed by atoms with Crippen LogP contribution in [0.2, 0.25) is 5.02 Å². The lowest BCUT2D eigenvalue weighted by Crippen LogP contribution is -2.01. The number of nitrogens with zero attached hydrogens (tertiary/aromatic N) is 3. The minimum absolute atomic E-state index is 0.296. The van der Waals surface area contributed by atoms with Gasteiger partial charge in [0.1, 0.15) is 11.8 Å². The molecule has 3 N–H and O–H groups in total. The minimum atomic E-state index is 0.296. The first-order chi connectivity index (χ1) is 8.58. The molecule has 18 heavy (non-hydrogen) atoms. The van der Waals surface area contributed by atoms with E-state index in [2.05, 4.69) is 15.3 Å². The van der Waals surface area contributed by atoms with Crippen molar-refractivity contribution in [3.8, 4) is 6.07 Å². The van der Waals surface area contributed by atoms with E-state index in [4.69, 9.17) is 22.6 Å². The molecule has 0 atom stereocenters. The molecule has 0 amide bonds. The summed E-state index contributed by atoms with van der Waals surface area (Å²) in [6.07, 6.45) is 0. The van der Waals surface area contributed by atoms with Crippen LogP contribution in [0.3, 0.4) is 0 Å². The Morgan fingerprint density at radius 3 is 2.83 bits per heavy atom. The van der Waals surface area contributed by atoms with E-state index in [1.54, 1.807) is 31.2 Å². The first-order valence-corrected chi connectivity index (χ1v) is 5.54. The summed E-state index contributed by atoms with van der Waals surface area (Å²) < 4.78 is 0. The van der Waals surface area contributed by atoms with Gasteiger partial charge < -0.3 is 11.1 Å². The number of hydrogen-bond acceptors (Lipinski definition) is 5. The minimum Gasteiger partial charge on any atom is -0.399 e. The maximum absolute atomic E-state index is 8.84. The second-order valence-corrected chi connectivity index (χ2v) is 4.10. The number of benzene rings is 1. The van der Waals surface area contributed by atoms with E-state index in [1.165, 1.54) is 0 Å². The third-order valence-electron chi connectivity index (χ3n) is 2.21. The molecule has 0 fully saturated rings. The molecule has 0 bridgehead atoms. The quantitative estimate of drug-likeness (QED) is 0.810. The molecule has 2 rings (SSSR count). The molecule has 0 aliphatic carbocycles. The standard InChI is InChI=1S/C12H10ClN5/c1-7-4-9(6-14)17-12(16-7)18-11-5-8(15)2-3-10(11)13/h2-5H,15H2,1H3,(H,16,17,18). The zero-order valence-electron chi connectivity index (χ0n) is 9.61. The second-order valence-electron chi connectivity index (χ2n) is 3.69. The predicted molar refractivity (Wildman–Crippen MR) is 70.6 cm³/mol. The number of anilines is 3. The normalized spacial score (nSPS) is 9.83. The van der Waals surface area contributed by atoms with Gasteiger partial charge in [0.05, 0.1) is 10.7 Å². The maximum Gasteiger partial charge on any atom is 0.228 e. The van der Waals surface area contributed by atoms with Gasteiger partial charge >= 0.3 is 0 Å². The number of nitriles is 1. The van der Waals surface area contributed by atoms with Crippen LogP contribution in [0.4, 0.5) is 17.3 Å². The Labute approximate surface area is 109 Å². The fraction of sp³-hybridized carbons (Fsp3) is 0.0833. The lowest BCUT2D eigenvalue weighted by atomic mass is 10.3. The van der Waals surface area contributed by atoms with Gasteiger partial charge in [-0.25, -0.2) is 9.97 Å². The van der Waals surface area contributed by atoms with Gasteiger partial charge in [0, 0.05) is 11.4 Å². The number of aromatic nitrogens is 2. The van der Waals surface area contributed by atoms with E-state index >= 15 is 0 Å². The molecule has 6 heteroatoms. The molecule has 90 valence electrons. The van der Waals surface area contributed by atoms with Gasteiger partial charge in [0.25, 0.3) is 0 Å². The molecule has 0 spiro atoms. The molecular formula is C12H10ClN5. The van der Waals surface area contributed by atoms with E-state index in [0.29, 0.717) is 33.7 Å². The Kier molecular flexibility index (Phi) is 3.31. The van der Waals surface area contributed by atoms with Crippen LogP contribution in [-0.4, -0.2) is 9.97 Å². The van der Waals surface area contributed by atoms with Crippen molar-refractivity contribution in [2.24, 2.45) is 0 Å². The number of nitrogen functional groups attached to an aromatic ring is 1. The molecule has 1 aromatic heterocycles. The fourth-order valence-corrected chi connectivity index (χ4v) is 1.61. The largest absolute Gasteiger partial charge is 0.399 e. The molecule has 0 aliphatic rings. The zero-order valence-corrected chi connectivity index (χ0v) is 10.4. The zero-order chi connectivity index (χ0) is 13.1. The van der Waals surface area contributed by atoms with Crippen molar-refractivity contribution in [3.05, 3.63) is 40.7 Å². The van der Waals surface area contributed by atoms with Gasteiger partial charge in [-0.15, -0.1) is 0 Å². The van der Waals surface area contributed by atoms with Crippen LogP contribution in [0, 0.1) is 18.3 Å². The molecule has 0 aliphatic heterocycles. The monoisotopic (exact) mass is 259 g/mol. The van der Waals surface area contributed by atoms with Crippen molar-refractivity contribution in [1.29, 1.82) is 5.26 Å². The van der Waals surface area contributed by atoms with Crippen molar-refractivity contribution >= 4 is 28.9 Å². The summed E-state index contributed by atoms with van der Waals surface area (Å²) in [6.45, 7) is 1.79. The lowest BCUT2D eigenvalue weighted by molar-refractivity contribution is 1.09. The summed E-state index contributed by atoms with van der Waals surface area (Å²) in [4.78, 5) is 8.21. The van der Waals surface area contributed by atoms with Gasteiger partial charge in [-0.1, -0.05) is 11.6 Å². The molecule has 5 nitrogen and oxygen atoms in total. The average Bonchev–Trinajstić information content (AvgIpc) is 2.33. The van der Waals surface area contributed by atoms with Crippen molar-refractivity contribution in [2.45, 2.75) is 6.92 Å². The lowest BCUT2D eigenvalue weighted by Gasteiger charge is -2.08. The Morgan fingerprint density at radius 1 is 1.33 bits per heavy atom. The Bertz CT molecular complexity index is 633. The van der Waals surface area contributed by atoms with E-state index in [1.807, 2.05) is 6.07 Å². The third kappa shape index (κ3) is 2.67. The van der Waals surface area contributed by atoms with Crippen LogP contribution in [-0.2, 0) is 0 Å². The van der Waals surface area contributed by atoms with Crippen molar-refractivity contribution in [3.63, 3.8) is 0 Å².